The average molecular weight is 414 g/mol. The number of para-hydroxylation sites is 1. The molecule has 152 valence electrons. The summed E-state index contributed by atoms with van der Waals surface area (Å²) in [4.78, 5) is 36.8. The van der Waals surface area contributed by atoms with Crippen molar-refractivity contribution in [1.82, 2.24) is 29.8 Å². The molecule has 1 atom stereocenters. The van der Waals surface area contributed by atoms with Crippen molar-refractivity contribution < 1.29 is 9.59 Å². The van der Waals surface area contributed by atoms with Gasteiger partial charge in [-0.05, 0) is 26.0 Å². The molecule has 0 aliphatic carbocycles. The highest BCUT2D eigenvalue weighted by Gasteiger charge is 2.18. The summed E-state index contributed by atoms with van der Waals surface area (Å²) in [7, 11) is 0. The molecule has 0 fully saturated rings. The van der Waals surface area contributed by atoms with Crippen LogP contribution in [0, 0.1) is 0 Å². The smallest absolute Gasteiger partial charge is 0.263 e. The number of fused-ring (bicyclic) bond motifs is 3. The molecule has 2 amide bonds. The molecular weight excluding hydrogens is 392 g/mol. The van der Waals surface area contributed by atoms with Gasteiger partial charge in [0.1, 0.15) is 6.04 Å². The molecule has 10 heteroatoms. The number of thioether (sulfide) groups is 1. The van der Waals surface area contributed by atoms with Gasteiger partial charge in [0, 0.05) is 13.1 Å². The SMILES string of the molecule is C=CCn1c(=O)c2ccccc2n2c(SCC(=O)NC(C)C(=O)NCC)nnc12. The lowest BCUT2D eigenvalue weighted by Gasteiger charge is -2.13. The first-order valence-corrected chi connectivity index (χ1v) is 10.1. The molecule has 0 saturated carbocycles. The third kappa shape index (κ3) is 4.16. The van der Waals surface area contributed by atoms with E-state index >= 15 is 0 Å². The summed E-state index contributed by atoms with van der Waals surface area (Å²) in [5.41, 5.74) is 0.488. The van der Waals surface area contributed by atoms with E-state index in [9.17, 15) is 14.4 Å². The van der Waals surface area contributed by atoms with Crippen molar-refractivity contribution in [1.29, 1.82) is 0 Å². The number of nitrogens with zero attached hydrogens (tertiary/aromatic N) is 4. The van der Waals surface area contributed by atoms with Gasteiger partial charge in [-0.1, -0.05) is 30.0 Å². The number of hydrogen-bond acceptors (Lipinski definition) is 6. The number of amides is 2. The van der Waals surface area contributed by atoms with E-state index < -0.39 is 6.04 Å². The Labute approximate surface area is 171 Å². The quantitative estimate of drug-likeness (QED) is 0.420. The van der Waals surface area contributed by atoms with E-state index in [0.717, 1.165) is 0 Å². The summed E-state index contributed by atoms with van der Waals surface area (Å²) in [6, 6.07) is 6.55. The fourth-order valence-corrected chi connectivity index (χ4v) is 3.68. The van der Waals surface area contributed by atoms with Crippen LogP contribution in [0.2, 0.25) is 0 Å². The van der Waals surface area contributed by atoms with Crippen LogP contribution in [-0.4, -0.2) is 49.3 Å². The Bertz CT molecular complexity index is 1140. The van der Waals surface area contributed by atoms with Crippen molar-refractivity contribution in [2.75, 3.05) is 12.3 Å². The number of nitrogens with one attached hydrogen (secondary N) is 2. The molecule has 9 nitrogen and oxygen atoms in total. The van der Waals surface area contributed by atoms with Crippen LogP contribution in [0.15, 0.2) is 46.9 Å². The molecule has 3 rings (SSSR count). The van der Waals surface area contributed by atoms with Gasteiger partial charge in [-0.25, -0.2) is 0 Å². The van der Waals surface area contributed by atoms with Crippen LogP contribution in [-0.2, 0) is 16.1 Å². The second-order valence-electron chi connectivity index (χ2n) is 6.31. The normalized spacial score (nSPS) is 12.1. The van der Waals surface area contributed by atoms with Crippen LogP contribution < -0.4 is 16.2 Å². The lowest BCUT2D eigenvalue weighted by molar-refractivity contribution is -0.127. The Kier molecular flexibility index (Phi) is 6.32. The average Bonchev–Trinajstić information content (AvgIpc) is 3.13. The maximum Gasteiger partial charge on any atom is 0.263 e. The lowest BCUT2D eigenvalue weighted by atomic mass is 10.2. The Morgan fingerprint density at radius 3 is 2.79 bits per heavy atom. The predicted molar refractivity (Wildman–Crippen MR) is 112 cm³/mol. The van der Waals surface area contributed by atoms with Crippen LogP contribution in [0.5, 0.6) is 0 Å². The number of allylic oxidation sites excluding steroid dienone is 1. The highest BCUT2D eigenvalue weighted by molar-refractivity contribution is 7.99. The lowest BCUT2D eigenvalue weighted by Crippen LogP contribution is -2.45. The van der Waals surface area contributed by atoms with E-state index in [2.05, 4.69) is 27.4 Å². The Morgan fingerprint density at radius 1 is 1.31 bits per heavy atom. The van der Waals surface area contributed by atoms with E-state index in [1.165, 1.54) is 16.3 Å². The van der Waals surface area contributed by atoms with Gasteiger partial charge >= 0.3 is 0 Å². The zero-order valence-electron chi connectivity index (χ0n) is 16.2. The molecule has 1 aromatic carbocycles. The molecule has 2 heterocycles. The second kappa shape index (κ2) is 8.91. The Hall–Kier alpha value is -3.14. The van der Waals surface area contributed by atoms with E-state index in [1.54, 1.807) is 29.5 Å². The summed E-state index contributed by atoms with van der Waals surface area (Å²) < 4.78 is 3.25. The van der Waals surface area contributed by atoms with Gasteiger partial charge in [-0.2, -0.15) is 0 Å². The minimum absolute atomic E-state index is 0.0550. The van der Waals surface area contributed by atoms with Crippen molar-refractivity contribution in [2.45, 2.75) is 31.6 Å². The number of likely N-dealkylation sites (N-methyl/N-ethyl adjacent to an activating group) is 1. The van der Waals surface area contributed by atoms with Crippen molar-refractivity contribution >= 4 is 40.3 Å². The summed E-state index contributed by atoms with van der Waals surface area (Å²) in [5.74, 6) is -0.0981. The molecule has 0 spiro atoms. The van der Waals surface area contributed by atoms with Crippen LogP contribution in [0.3, 0.4) is 0 Å². The third-order valence-corrected chi connectivity index (χ3v) is 5.17. The fraction of sp³-hybridized carbons (Fsp3) is 0.316. The van der Waals surface area contributed by atoms with Gasteiger partial charge in [0.05, 0.1) is 16.7 Å². The van der Waals surface area contributed by atoms with Gasteiger partial charge in [0.25, 0.3) is 5.56 Å². The summed E-state index contributed by atoms with van der Waals surface area (Å²) >= 11 is 1.18. The standard InChI is InChI=1S/C19H22N6O3S/c1-4-10-24-17(28)13-8-6-7-9-14(13)25-18(24)22-23-19(25)29-11-15(26)21-12(3)16(27)20-5-2/h4,6-9,12H,1,5,10-11H2,2-3H3,(H,20,27)(H,21,26). The van der Waals surface area contributed by atoms with Crippen molar-refractivity contribution in [3.05, 3.63) is 47.3 Å². The maximum atomic E-state index is 12.8. The largest absolute Gasteiger partial charge is 0.355 e. The predicted octanol–water partition coefficient (Wildman–Crippen LogP) is 0.963. The van der Waals surface area contributed by atoms with Crippen LogP contribution in [0.4, 0.5) is 0 Å². The summed E-state index contributed by atoms with van der Waals surface area (Å²) in [6.07, 6.45) is 1.62. The highest BCUT2D eigenvalue weighted by Crippen LogP contribution is 2.21. The summed E-state index contributed by atoms with van der Waals surface area (Å²) in [6.45, 7) is 7.93. The minimum atomic E-state index is -0.628. The number of aromatic nitrogens is 4. The third-order valence-electron chi connectivity index (χ3n) is 4.24. The molecule has 0 radical (unpaired) electrons. The maximum absolute atomic E-state index is 12.8. The molecule has 0 saturated heterocycles. The van der Waals surface area contributed by atoms with Gasteiger partial charge in [-0.3, -0.25) is 23.4 Å². The number of carbonyl (C=O) groups is 2. The zero-order valence-corrected chi connectivity index (χ0v) is 17.0. The molecule has 2 N–H and O–H groups in total. The number of rotatable bonds is 8. The number of carbonyl (C=O) groups excluding carboxylic acids is 2. The molecule has 1 unspecified atom stereocenters. The van der Waals surface area contributed by atoms with Crippen LogP contribution >= 0.6 is 11.8 Å². The number of hydrogen-bond donors (Lipinski definition) is 2. The molecular formula is C19H22N6O3S. The van der Waals surface area contributed by atoms with Gasteiger partial charge in [0.2, 0.25) is 17.6 Å². The first-order valence-electron chi connectivity index (χ1n) is 9.15. The molecule has 0 aliphatic heterocycles. The van der Waals surface area contributed by atoms with Gasteiger partial charge in [-0.15, -0.1) is 16.8 Å². The molecule has 0 bridgehead atoms. The van der Waals surface area contributed by atoms with E-state index in [0.29, 0.717) is 34.9 Å². The monoisotopic (exact) mass is 414 g/mol. The first-order chi connectivity index (χ1) is 14.0. The first kappa shape index (κ1) is 20.6. The Balaban J connectivity index is 1.89. The highest BCUT2D eigenvalue weighted by atomic mass is 32.2. The second-order valence-corrected chi connectivity index (χ2v) is 7.25. The zero-order chi connectivity index (χ0) is 21.0. The van der Waals surface area contributed by atoms with E-state index in [-0.39, 0.29) is 23.1 Å². The number of benzene rings is 1. The molecule has 3 aromatic rings. The molecule has 2 aromatic heterocycles. The molecule has 29 heavy (non-hydrogen) atoms. The van der Waals surface area contributed by atoms with Crippen LogP contribution in [0.25, 0.3) is 16.7 Å². The van der Waals surface area contributed by atoms with Crippen molar-refractivity contribution in [3.63, 3.8) is 0 Å². The topological polar surface area (TPSA) is 110 Å². The summed E-state index contributed by atoms with van der Waals surface area (Å²) in [5, 5.41) is 14.6. The molecule has 0 aliphatic rings. The van der Waals surface area contributed by atoms with E-state index in [4.69, 9.17) is 0 Å². The van der Waals surface area contributed by atoms with Gasteiger partial charge in [0.15, 0.2) is 5.16 Å². The minimum Gasteiger partial charge on any atom is -0.355 e. The Morgan fingerprint density at radius 2 is 2.07 bits per heavy atom. The van der Waals surface area contributed by atoms with Gasteiger partial charge < -0.3 is 10.6 Å². The van der Waals surface area contributed by atoms with Crippen molar-refractivity contribution in [2.24, 2.45) is 0 Å². The van der Waals surface area contributed by atoms with Crippen molar-refractivity contribution in [3.8, 4) is 0 Å². The van der Waals surface area contributed by atoms with Crippen LogP contribution in [0.1, 0.15) is 13.8 Å². The van der Waals surface area contributed by atoms with E-state index in [1.807, 2.05) is 19.1 Å². The fourth-order valence-electron chi connectivity index (χ4n) is 2.93.